The maximum Gasteiger partial charge on any atom is 0.407 e. The minimum atomic E-state index is -0.905. The van der Waals surface area contributed by atoms with Crippen LogP contribution >= 0.6 is 0 Å². The third-order valence-corrected chi connectivity index (χ3v) is 9.90. The minimum Gasteiger partial charge on any atom is -0.486 e. The number of amides is 2. The smallest absolute Gasteiger partial charge is 0.407 e. The molecule has 292 valence electrons. The van der Waals surface area contributed by atoms with Crippen molar-refractivity contribution in [1.82, 2.24) is 5.32 Å². The number of alkyl carbamates (subject to hydrolysis) is 1. The van der Waals surface area contributed by atoms with E-state index in [4.69, 9.17) is 30.9 Å². The summed E-state index contributed by atoms with van der Waals surface area (Å²) < 4.78 is 70.4. The van der Waals surface area contributed by atoms with E-state index in [1.54, 1.807) is 6.07 Å². The van der Waals surface area contributed by atoms with Crippen LogP contribution in [0.5, 0.6) is 11.5 Å². The molecule has 0 aromatic heterocycles. The molecule has 0 unspecified atom stereocenters. The summed E-state index contributed by atoms with van der Waals surface area (Å²) in [5.74, 6) is -4.75. The molecule has 3 aromatic rings. The van der Waals surface area contributed by atoms with Gasteiger partial charge >= 0.3 is 6.09 Å². The predicted molar refractivity (Wildman–Crippen MR) is 188 cm³/mol. The first kappa shape index (κ1) is 45.0. The standard InChI is InChI=1S/C22H20F2N2O3.C14H16F2N2O2.2CH4.CH3.Pd/c23-16-6-15(12-25)20(19(24)7-16)29-18-10-22(11-18)8-17(9-22)26-21(27)28-13-14-4-2-1-3-5-14;15-7-1-10(13(18)19)12(11(16)2-7)20-9-5-14(6-9)3-8(17)4-14;;;;/h1-7,17-18H,8-11,13H2,(H,26,27);1-2,8-9H,3-6,17H2,(H2,18,19);2*1H4;1H3;/q;;;;-1;. The molecule has 2 amide bonds. The number of ether oxygens (including phenoxy) is 3. The first-order chi connectivity index (χ1) is 23.3. The van der Waals surface area contributed by atoms with E-state index >= 15 is 0 Å². The van der Waals surface area contributed by atoms with Gasteiger partial charge in [0, 0.05) is 44.6 Å². The number of hydrogen-bond acceptors (Lipinski definition) is 7. The molecule has 3 aromatic carbocycles. The van der Waals surface area contributed by atoms with Gasteiger partial charge in [-0.25, -0.2) is 22.4 Å². The van der Waals surface area contributed by atoms with Crippen LogP contribution in [0, 0.1) is 52.9 Å². The molecular formula is C39H47F4N4O5Pd-. The fourth-order valence-corrected chi connectivity index (χ4v) is 7.68. The van der Waals surface area contributed by atoms with Gasteiger partial charge in [-0.1, -0.05) is 45.2 Å². The van der Waals surface area contributed by atoms with Gasteiger partial charge in [0.15, 0.2) is 23.1 Å². The van der Waals surface area contributed by atoms with E-state index in [9.17, 15) is 27.2 Å². The normalized spacial score (nSPS) is 25.4. The summed E-state index contributed by atoms with van der Waals surface area (Å²) >= 11 is 0. The van der Waals surface area contributed by atoms with Crippen molar-refractivity contribution < 1.29 is 61.8 Å². The number of halogens is 4. The number of carbonyl (C=O) groups excluding carboxylic acids is 2. The molecule has 0 heterocycles. The summed E-state index contributed by atoms with van der Waals surface area (Å²) in [5, 5.41) is 11.9. The fourth-order valence-electron chi connectivity index (χ4n) is 7.68. The first-order valence-electron chi connectivity index (χ1n) is 16.1. The summed E-state index contributed by atoms with van der Waals surface area (Å²) in [6, 6.07) is 14.8. The van der Waals surface area contributed by atoms with E-state index in [-0.39, 0.29) is 107 Å². The number of nitrogens with two attached hydrogens (primary N) is 2. The Labute approximate surface area is 322 Å². The van der Waals surface area contributed by atoms with Gasteiger partial charge in [0.2, 0.25) is 0 Å². The van der Waals surface area contributed by atoms with E-state index in [2.05, 4.69) is 5.32 Å². The molecule has 7 rings (SSSR count). The van der Waals surface area contributed by atoms with Gasteiger partial charge in [-0.3, -0.25) is 4.79 Å². The molecule has 4 saturated carbocycles. The molecule has 53 heavy (non-hydrogen) atoms. The van der Waals surface area contributed by atoms with E-state index in [0.717, 1.165) is 62.3 Å². The van der Waals surface area contributed by atoms with Crippen LogP contribution < -0.4 is 26.3 Å². The van der Waals surface area contributed by atoms with Gasteiger partial charge in [0.25, 0.3) is 5.91 Å². The average Bonchev–Trinajstić information content (AvgIpc) is 2.98. The van der Waals surface area contributed by atoms with Crippen molar-refractivity contribution in [3.8, 4) is 17.6 Å². The Hall–Kier alpha value is -4.17. The topological polar surface area (TPSA) is 150 Å². The molecule has 2 spiro atoms. The van der Waals surface area contributed by atoms with E-state index in [1.807, 2.05) is 30.3 Å². The van der Waals surface area contributed by atoms with Crippen LogP contribution in [-0.2, 0) is 31.8 Å². The van der Waals surface area contributed by atoms with E-state index in [0.29, 0.717) is 18.9 Å². The van der Waals surface area contributed by atoms with E-state index < -0.39 is 35.3 Å². The zero-order valence-electron chi connectivity index (χ0n) is 27.8. The average molecular weight is 834 g/mol. The quantitative estimate of drug-likeness (QED) is 0.119. The molecule has 4 aliphatic carbocycles. The van der Waals surface area contributed by atoms with Crippen LogP contribution in [-0.4, -0.2) is 36.3 Å². The number of primary amides is 1. The first-order valence-corrected chi connectivity index (χ1v) is 16.1. The molecule has 4 aliphatic rings. The van der Waals surface area contributed by atoms with Crippen LogP contribution in [0.2, 0.25) is 0 Å². The van der Waals surface area contributed by atoms with Crippen LogP contribution in [0.1, 0.15) is 87.7 Å². The molecule has 0 radical (unpaired) electrons. The second kappa shape index (κ2) is 18.2. The second-order valence-electron chi connectivity index (χ2n) is 13.8. The largest absolute Gasteiger partial charge is 0.486 e. The van der Waals surface area contributed by atoms with Gasteiger partial charge in [0.1, 0.15) is 30.4 Å². The summed E-state index contributed by atoms with van der Waals surface area (Å²) in [5.41, 5.74) is 11.7. The Balaban J connectivity index is 0.000000360. The monoisotopic (exact) mass is 833 g/mol. The van der Waals surface area contributed by atoms with Crippen molar-refractivity contribution >= 4 is 12.0 Å². The summed E-state index contributed by atoms with van der Waals surface area (Å²) in [6.07, 6.45) is 5.72. The summed E-state index contributed by atoms with van der Waals surface area (Å²) in [6.45, 7) is 0.227. The number of benzene rings is 3. The van der Waals surface area contributed by atoms with Crippen molar-refractivity contribution in [2.75, 3.05) is 0 Å². The number of nitriles is 1. The second-order valence-corrected chi connectivity index (χ2v) is 13.8. The maximum absolute atomic E-state index is 13.9. The Morgan fingerprint density at radius 1 is 0.811 bits per heavy atom. The molecule has 9 nitrogen and oxygen atoms in total. The van der Waals surface area contributed by atoms with Crippen molar-refractivity contribution in [2.45, 2.75) is 97.1 Å². The third kappa shape index (κ3) is 10.3. The fraction of sp³-hybridized carbons (Fsp3) is 0.436. The number of nitrogens with zero attached hydrogens (tertiary/aromatic N) is 1. The molecule has 0 aliphatic heterocycles. The Morgan fingerprint density at radius 2 is 1.32 bits per heavy atom. The van der Waals surface area contributed by atoms with Crippen molar-refractivity contribution in [2.24, 2.45) is 22.3 Å². The molecule has 5 N–H and O–H groups in total. The molecule has 0 atom stereocenters. The van der Waals surface area contributed by atoms with Gasteiger partial charge in [-0.05, 0) is 79.9 Å². The van der Waals surface area contributed by atoms with Gasteiger partial charge in [0.05, 0.1) is 17.2 Å². The molecule has 0 saturated heterocycles. The molecule has 4 fully saturated rings. The van der Waals surface area contributed by atoms with Gasteiger partial charge < -0.3 is 38.4 Å². The van der Waals surface area contributed by atoms with Crippen LogP contribution in [0.15, 0.2) is 54.6 Å². The van der Waals surface area contributed by atoms with Crippen LogP contribution in [0.25, 0.3) is 0 Å². The Kier molecular flexibility index (Phi) is 15.5. The zero-order valence-corrected chi connectivity index (χ0v) is 29.4. The van der Waals surface area contributed by atoms with E-state index in [1.165, 1.54) is 0 Å². The SMILES string of the molecule is C.C.N#Cc1cc(F)cc(F)c1OC1CC2(CC(NC(=O)OCc3ccccc3)C2)C1.NC(=O)c1cc(F)cc(F)c1OC1CC2(CC(N)C2)C1.[CH3-].[Pd]. The minimum absolute atomic E-state index is 0. The third-order valence-electron chi connectivity index (χ3n) is 9.90. The summed E-state index contributed by atoms with van der Waals surface area (Å²) in [7, 11) is 0. The summed E-state index contributed by atoms with van der Waals surface area (Å²) in [4.78, 5) is 23.2. The molecular weight excluding hydrogens is 787 g/mol. The maximum atomic E-state index is 13.9. The zero-order chi connectivity index (χ0) is 34.9. The molecule has 0 bridgehead atoms. The number of hydrogen-bond donors (Lipinski definition) is 3. The van der Waals surface area contributed by atoms with Crippen molar-refractivity contribution in [1.29, 1.82) is 5.26 Å². The number of carbonyl (C=O) groups is 2. The predicted octanol–water partition coefficient (Wildman–Crippen LogP) is 7.89. The number of rotatable bonds is 8. The van der Waals surface area contributed by atoms with Crippen LogP contribution in [0.4, 0.5) is 22.4 Å². The van der Waals surface area contributed by atoms with Crippen molar-refractivity contribution in [3.05, 3.63) is 102 Å². The Bertz CT molecular complexity index is 1770. The van der Waals surface area contributed by atoms with Gasteiger partial charge in [-0.15, -0.1) is 0 Å². The molecule has 14 heteroatoms. The van der Waals surface area contributed by atoms with Crippen molar-refractivity contribution in [3.63, 3.8) is 0 Å². The Morgan fingerprint density at radius 3 is 1.85 bits per heavy atom. The number of nitrogens with one attached hydrogen (secondary N) is 1. The van der Waals surface area contributed by atoms with Gasteiger partial charge in [-0.2, -0.15) is 5.26 Å². The van der Waals surface area contributed by atoms with Crippen LogP contribution in [0.3, 0.4) is 0 Å².